The molecule has 0 spiro atoms. The van der Waals surface area contributed by atoms with Gasteiger partial charge in [-0.1, -0.05) is 11.6 Å². The lowest BCUT2D eigenvalue weighted by Crippen LogP contribution is -1.85. The average molecular weight is 221 g/mol. The number of hydrogen-bond acceptors (Lipinski definition) is 1. The molecule has 14 heavy (non-hydrogen) atoms. The molecule has 0 aliphatic rings. The van der Waals surface area contributed by atoms with E-state index in [2.05, 4.69) is 10.2 Å². The molecule has 2 aromatic rings. The summed E-state index contributed by atoms with van der Waals surface area (Å²) in [6.07, 6.45) is -2.71. The van der Waals surface area contributed by atoms with Crippen LogP contribution in [-0.4, -0.2) is 10.2 Å². The second kappa shape index (κ2) is 3.16. The second-order valence-corrected chi connectivity index (χ2v) is 3.13. The van der Waals surface area contributed by atoms with E-state index in [1.54, 1.807) is 0 Å². The van der Waals surface area contributed by atoms with Crippen molar-refractivity contribution in [1.29, 1.82) is 0 Å². The molecule has 1 N–H and O–H groups in total. The van der Waals surface area contributed by atoms with Crippen LogP contribution in [0.15, 0.2) is 12.1 Å². The largest absolute Gasteiger partial charge is 0.280 e. The highest BCUT2D eigenvalue weighted by Gasteiger charge is 2.16. The Labute approximate surface area is 81.7 Å². The molecule has 0 aliphatic heterocycles. The summed E-state index contributed by atoms with van der Waals surface area (Å²) < 4.78 is 37.6. The monoisotopic (exact) mass is 220 g/mol. The molecule has 0 amide bonds. The lowest BCUT2D eigenvalue weighted by atomic mass is 10.2. The summed E-state index contributed by atoms with van der Waals surface area (Å²) in [5.41, 5.74) is -0.165. The quantitative estimate of drug-likeness (QED) is 0.785. The van der Waals surface area contributed by atoms with E-state index in [1.807, 2.05) is 0 Å². The van der Waals surface area contributed by atoms with Crippen LogP contribution in [0.1, 0.15) is 12.1 Å². The minimum absolute atomic E-state index is 0.0573. The number of aromatic amines is 1. The Kier molecular flexibility index (Phi) is 2.11. The molecule has 0 saturated heterocycles. The van der Waals surface area contributed by atoms with Gasteiger partial charge in [-0.25, -0.2) is 13.2 Å². The number of alkyl halides is 2. The second-order valence-electron chi connectivity index (χ2n) is 2.72. The molecule has 2 nitrogen and oxygen atoms in total. The number of benzene rings is 1. The Balaban J connectivity index is 2.74. The highest BCUT2D eigenvalue weighted by Crippen LogP contribution is 2.28. The number of aromatic nitrogens is 2. The van der Waals surface area contributed by atoms with Crippen molar-refractivity contribution >= 4 is 22.5 Å². The summed E-state index contributed by atoms with van der Waals surface area (Å²) in [6, 6.07) is 2.15. The Hall–Kier alpha value is -1.23. The van der Waals surface area contributed by atoms with Crippen LogP contribution >= 0.6 is 11.6 Å². The van der Waals surface area contributed by atoms with E-state index in [4.69, 9.17) is 11.6 Å². The number of halogens is 4. The minimum atomic E-state index is -2.71. The third-order valence-electron chi connectivity index (χ3n) is 1.84. The number of fused-ring (bicyclic) bond motifs is 1. The predicted octanol–water partition coefficient (Wildman–Crippen LogP) is 3.29. The first-order valence-corrected chi connectivity index (χ1v) is 4.08. The molecular weight excluding hydrogens is 217 g/mol. The maximum absolute atomic E-state index is 13.0. The lowest BCUT2D eigenvalue weighted by molar-refractivity contribution is 0.147. The van der Waals surface area contributed by atoms with Crippen molar-refractivity contribution in [3.63, 3.8) is 0 Å². The van der Waals surface area contributed by atoms with Gasteiger partial charge in [-0.2, -0.15) is 5.10 Å². The van der Waals surface area contributed by atoms with E-state index in [9.17, 15) is 13.2 Å². The standard InChI is InChI=1S/C8H4ClF3N2/c9-4-2-6-3(1-5(4)10)7(8(11)12)14-13-6/h1-2,8H,(H,13,14). The van der Waals surface area contributed by atoms with E-state index in [1.165, 1.54) is 6.07 Å². The van der Waals surface area contributed by atoms with Gasteiger partial charge in [0, 0.05) is 5.39 Å². The molecule has 6 heteroatoms. The summed E-state index contributed by atoms with van der Waals surface area (Å²) >= 11 is 5.46. The first-order valence-electron chi connectivity index (χ1n) is 3.70. The zero-order valence-electron chi connectivity index (χ0n) is 6.69. The van der Waals surface area contributed by atoms with E-state index >= 15 is 0 Å². The van der Waals surface area contributed by atoms with Crippen molar-refractivity contribution < 1.29 is 13.2 Å². The third kappa shape index (κ3) is 1.33. The molecule has 0 saturated carbocycles. The molecule has 0 atom stereocenters. The van der Waals surface area contributed by atoms with Crippen molar-refractivity contribution in [2.75, 3.05) is 0 Å². The summed E-state index contributed by atoms with van der Waals surface area (Å²) in [6.45, 7) is 0. The molecule has 1 heterocycles. The smallest absolute Gasteiger partial charge is 0.276 e. The lowest BCUT2D eigenvalue weighted by Gasteiger charge is -1.96. The van der Waals surface area contributed by atoms with Crippen LogP contribution in [0.5, 0.6) is 0 Å². The first-order chi connectivity index (χ1) is 6.59. The molecule has 0 radical (unpaired) electrons. The van der Waals surface area contributed by atoms with Crippen molar-refractivity contribution in [3.05, 3.63) is 28.7 Å². The normalized spacial score (nSPS) is 11.5. The highest BCUT2D eigenvalue weighted by atomic mass is 35.5. The highest BCUT2D eigenvalue weighted by molar-refractivity contribution is 6.31. The van der Waals surface area contributed by atoms with Gasteiger partial charge in [-0.15, -0.1) is 0 Å². The van der Waals surface area contributed by atoms with Crippen LogP contribution in [0, 0.1) is 5.82 Å². The van der Waals surface area contributed by atoms with Crippen LogP contribution < -0.4 is 0 Å². The summed E-state index contributed by atoms with van der Waals surface area (Å²) in [5, 5.41) is 5.65. The topological polar surface area (TPSA) is 28.7 Å². The van der Waals surface area contributed by atoms with E-state index in [0.29, 0.717) is 0 Å². The first kappa shape index (κ1) is 9.33. The van der Waals surface area contributed by atoms with Gasteiger partial charge in [0.05, 0.1) is 10.5 Å². The fourth-order valence-corrected chi connectivity index (χ4v) is 1.35. The van der Waals surface area contributed by atoms with Crippen LogP contribution in [-0.2, 0) is 0 Å². The molecule has 74 valence electrons. The van der Waals surface area contributed by atoms with Crippen LogP contribution in [0.3, 0.4) is 0 Å². The number of nitrogens with one attached hydrogen (secondary N) is 1. The maximum atomic E-state index is 13.0. The number of hydrogen-bond donors (Lipinski definition) is 1. The van der Waals surface area contributed by atoms with Gasteiger partial charge in [-0.05, 0) is 12.1 Å². The zero-order valence-corrected chi connectivity index (χ0v) is 7.45. The number of H-pyrrole nitrogens is 1. The summed E-state index contributed by atoms with van der Waals surface area (Å²) in [7, 11) is 0. The Morgan fingerprint density at radius 1 is 1.36 bits per heavy atom. The Bertz CT molecular complexity index is 481. The molecule has 0 aliphatic carbocycles. The van der Waals surface area contributed by atoms with Crippen LogP contribution in [0.2, 0.25) is 5.02 Å². The van der Waals surface area contributed by atoms with Gasteiger partial charge in [0.25, 0.3) is 6.43 Å². The van der Waals surface area contributed by atoms with Crippen molar-refractivity contribution in [2.45, 2.75) is 6.43 Å². The third-order valence-corrected chi connectivity index (χ3v) is 2.13. The van der Waals surface area contributed by atoms with Gasteiger partial charge in [0.1, 0.15) is 11.5 Å². The fraction of sp³-hybridized carbons (Fsp3) is 0.125. The average Bonchev–Trinajstić information content (AvgIpc) is 2.48. The fourth-order valence-electron chi connectivity index (χ4n) is 1.19. The van der Waals surface area contributed by atoms with Gasteiger partial charge >= 0.3 is 0 Å². The van der Waals surface area contributed by atoms with Crippen molar-refractivity contribution in [3.8, 4) is 0 Å². The van der Waals surface area contributed by atoms with Gasteiger partial charge < -0.3 is 0 Å². The minimum Gasteiger partial charge on any atom is -0.276 e. The molecule has 0 unspecified atom stereocenters. The predicted molar refractivity (Wildman–Crippen MR) is 46.0 cm³/mol. The molecule has 0 bridgehead atoms. The SMILES string of the molecule is Fc1cc2c(C(F)F)[nH]nc2cc1Cl. The van der Waals surface area contributed by atoms with Crippen LogP contribution in [0.25, 0.3) is 10.9 Å². The van der Waals surface area contributed by atoms with Gasteiger partial charge in [-0.3, -0.25) is 5.10 Å². The summed E-state index contributed by atoms with van der Waals surface area (Å²) in [4.78, 5) is 0. The van der Waals surface area contributed by atoms with E-state index in [-0.39, 0.29) is 15.9 Å². The molecular formula is C8H4ClF3N2. The van der Waals surface area contributed by atoms with Gasteiger partial charge in [0.15, 0.2) is 0 Å². The number of rotatable bonds is 1. The van der Waals surface area contributed by atoms with Crippen molar-refractivity contribution in [1.82, 2.24) is 10.2 Å². The van der Waals surface area contributed by atoms with Crippen molar-refractivity contribution in [2.24, 2.45) is 0 Å². The van der Waals surface area contributed by atoms with Crippen LogP contribution in [0.4, 0.5) is 13.2 Å². The number of nitrogens with zero attached hydrogens (tertiary/aromatic N) is 1. The molecule has 1 aromatic carbocycles. The zero-order chi connectivity index (χ0) is 10.3. The Morgan fingerprint density at radius 3 is 2.71 bits per heavy atom. The Morgan fingerprint density at radius 2 is 2.07 bits per heavy atom. The summed E-state index contributed by atoms with van der Waals surface area (Å²) in [5.74, 6) is -0.734. The van der Waals surface area contributed by atoms with E-state index < -0.39 is 17.9 Å². The van der Waals surface area contributed by atoms with E-state index in [0.717, 1.165) is 6.07 Å². The molecule has 0 fully saturated rings. The molecule has 2 rings (SSSR count). The maximum Gasteiger partial charge on any atom is 0.280 e. The van der Waals surface area contributed by atoms with Gasteiger partial charge in [0.2, 0.25) is 0 Å². The molecule has 1 aromatic heterocycles.